The summed E-state index contributed by atoms with van der Waals surface area (Å²) < 4.78 is 37.8. The molecule has 0 amide bonds. The van der Waals surface area contributed by atoms with Crippen LogP contribution in [0.2, 0.25) is 0 Å². The van der Waals surface area contributed by atoms with Crippen LogP contribution in [-0.2, 0) is 6.18 Å². The Kier molecular flexibility index (Phi) is 2.75. The van der Waals surface area contributed by atoms with Gasteiger partial charge in [0, 0.05) is 0 Å². The van der Waals surface area contributed by atoms with Gasteiger partial charge in [0.25, 0.3) is 0 Å². The van der Waals surface area contributed by atoms with Crippen LogP contribution in [0.25, 0.3) is 0 Å². The molecule has 0 saturated carbocycles. The average Bonchev–Trinajstić information content (AvgIpc) is 2.61. The van der Waals surface area contributed by atoms with Crippen molar-refractivity contribution in [3.63, 3.8) is 0 Å². The summed E-state index contributed by atoms with van der Waals surface area (Å²) in [5.41, 5.74) is -0.792. The molecule has 1 fully saturated rings. The molecular formula is C8H11F3N4O. The lowest BCUT2D eigenvalue weighted by Crippen LogP contribution is -2.33. The quantitative estimate of drug-likeness (QED) is 0.747. The van der Waals surface area contributed by atoms with Gasteiger partial charge in [-0.2, -0.15) is 13.2 Å². The number of piperidine rings is 1. The minimum Gasteiger partial charge on any atom is -0.317 e. The SMILES string of the molecule is O=c1[nH]c(C(F)(F)F)nn1C1CCNCC1. The van der Waals surface area contributed by atoms with E-state index in [0.717, 1.165) is 4.68 Å². The highest BCUT2D eigenvalue weighted by atomic mass is 19.4. The zero-order chi connectivity index (χ0) is 11.8. The third kappa shape index (κ3) is 2.11. The number of aromatic nitrogens is 3. The van der Waals surface area contributed by atoms with Gasteiger partial charge in [-0.15, -0.1) is 5.10 Å². The van der Waals surface area contributed by atoms with Crippen LogP contribution in [0, 0.1) is 0 Å². The van der Waals surface area contributed by atoms with E-state index in [1.165, 1.54) is 0 Å². The van der Waals surface area contributed by atoms with Crippen LogP contribution in [0.3, 0.4) is 0 Å². The molecule has 1 aliphatic rings. The van der Waals surface area contributed by atoms with Gasteiger partial charge in [0.1, 0.15) is 0 Å². The minimum atomic E-state index is -4.60. The van der Waals surface area contributed by atoms with E-state index in [0.29, 0.717) is 25.9 Å². The van der Waals surface area contributed by atoms with Crippen LogP contribution in [0.4, 0.5) is 13.2 Å². The molecule has 1 saturated heterocycles. The number of nitrogens with zero attached hydrogens (tertiary/aromatic N) is 2. The first-order valence-corrected chi connectivity index (χ1v) is 4.95. The summed E-state index contributed by atoms with van der Waals surface area (Å²) in [5.74, 6) is -1.23. The molecule has 0 bridgehead atoms. The lowest BCUT2D eigenvalue weighted by molar-refractivity contribution is -0.145. The predicted octanol–water partition coefficient (Wildman–Crippen LogP) is 0.515. The third-order valence-electron chi connectivity index (χ3n) is 2.56. The summed E-state index contributed by atoms with van der Waals surface area (Å²) in [5, 5.41) is 6.37. The van der Waals surface area contributed by atoms with Gasteiger partial charge in [0.05, 0.1) is 6.04 Å². The summed E-state index contributed by atoms with van der Waals surface area (Å²) in [4.78, 5) is 13.0. The molecule has 0 unspecified atom stereocenters. The normalized spacial score (nSPS) is 18.9. The van der Waals surface area contributed by atoms with Crippen molar-refractivity contribution in [1.29, 1.82) is 0 Å². The Labute approximate surface area is 88.7 Å². The summed E-state index contributed by atoms with van der Waals surface area (Å²) in [6, 6.07) is -0.249. The maximum Gasteiger partial charge on any atom is 0.451 e. The van der Waals surface area contributed by atoms with Crippen LogP contribution in [-0.4, -0.2) is 27.9 Å². The summed E-state index contributed by atoms with van der Waals surface area (Å²) >= 11 is 0. The maximum absolute atomic E-state index is 12.3. The molecule has 0 radical (unpaired) electrons. The number of alkyl halides is 3. The van der Waals surface area contributed by atoms with Gasteiger partial charge in [-0.25, -0.2) is 9.48 Å². The third-order valence-corrected chi connectivity index (χ3v) is 2.56. The van der Waals surface area contributed by atoms with E-state index in [1.54, 1.807) is 4.98 Å². The molecule has 2 heterocycles. The van der Waals surface area contributed by atoms with Gasteiger partial charge >= 0.3 is 11.9 Å². The van der Waals surface area contributed by atoms with Gasteiger partial charge in [0.2, 0.25) is 5.82 Å². The Morgan fingerprint density at radius 1 is 1.31 bits per heavy atom. The second-order valence-electron chi connectivity index (χ2n) is 3.70. The van der Waals surface area contributed by atoms with E-state index >= 15 is 0 Å². The fourth-order valence-corrected chi connectivity index (χ4v) is 1.76. The molecule has 5 nitrogen and oxygen atoms in total. The van der Waals surface area contributed by atoms with Crippen molar-refractivity contribution in [2.75, 3.05) is 13.1 Å². The zero-order valence-corrected chi connectivity index (χ0v) is 8.34. The van der Waals surface area contributed by atoms with Gasteiger partial charge in [-0.3, -0.25) is 4.98 Å². The van der Waals surface area contributed by atoms with Crippen molar-refractivity contribution < 1.29 is 13.2 Å². The summed E-state index contributed by atoms with van der Waals surface area (Å²) in [6.45, 7) is 1.37. The van der Waals surface area contributed by atoms with E-state index in [4.69, 9.17) is 0 Å². The number of hydrogen-bond donors (Lipinski definition) is 2. The van der Waals surface area contributed by atoms with Crippen LogP contribution in [0.5, 0.6) is 0 Å². The monoisotopic (exact) mass is 236 g/mol. The predicted molar refractivity (Wildman–Crippen MR) is 49.0 cm³/mol. The van der Waals surface area contributed by atoms with Crippen molar-refractivity contribution in [3.8, 4) is 0 Å². The molecule has 2 N–H and O–H groups in total. The number of halogens is 3. The van der Waals surface area contributed by atoms with Crippen molar-refractivity contribution in [2.24, 2.45) is 0 Å². The highest BCUT2D eigenvalue weighted by Gasteiger charge is 2.36. The molecule has 1 aromatic heterocycles. The first kappa shape index (κ1) is 11.2. The Hall–Kier alpha value is -1.31. The average molecular weight is 236 g/mol. The Morgan fingerprint density at radius 2 is 1.94 bits per heavy atom. The Balaban J connectivity index is 2.28. The molecule has 90 valence electrons. The van der Waals surface area contributed by atoms with Crippen LogP contribution in [0.15, 0.2) is 4.79 Å². The number of aromatic amines is 1. The van der Waals surface area contributed by atoms with Gasteiger partial charge < -0.3 is 5.32 Å². The highest BCUT2D eigenvalue weighted by molar-refractivity contribution is 4.90. The number of H-pyrrole nitrogens is 1. The lowest BCUT2D eigenvalue weighted by atomic mass is 10.1. The smallest absolute Gasteiger partial charge is 0.317 e. The Morgan fingerprint density at radius 3 is 2.44 bits per heavy atom. The fourth-order valence-electron chi connectivity index (χ4n) is 1.76. The number of hydrogen-bond acceptors (Lipinski definition) is 3. The molecular weight excluding hydrogens is 225 g/mol. The molecule has 1 aliphatic heterocycles. The molecule has 1 aromatic rings. The number of rotatable bonds is 1. The molecule has 2 rings (SSSR count). The van der Waals surface area contributed by atoms with E-state index in [2.05, 4.69) is 10.4 Å². The van der Waals surface area contributed by atoms with Crippen LogP contribution >= 0.6 is 0 Å². The first-order chi connectivity index (χ1) is 7.48. The van der Waals surface area contributed by atoms with Crippen LogP contribution in [0.1, 0.15) is 24.7 Å². The molecule has 16 heavy (non-hydrogen) atoms. The van der Waals surface area contributed by atoms with Crippen molar-refractivity contribution in [3.05, 3.63) is 16.3 Å². The topological polar surface area (TPSA) is 62.7 Å². The fraction of sp³-hybridized carbons (Fsp3) is 0.750. The van der Waals surface area contributed by atoms with E-state index in [9.17, 15) is 18.0 Å². The van der Waals surface area contributed by atoms with Gasteiger partial charge in [-0.1, -0.05) is 0 Å². The van der Waals surface area contributed by atoms with Crippen LogP contribution < -0.4 is 11.0 Å². The number of nitrogens with one attached hydrogen (secondary N) is 2. The van der Waals surface area contributed by atoms with Crippen molar-refractivity contribution >= 4 is 0 Å². The second kappa shape index (κ2) is 3.93. The van der Waals surface area contributed by atoms with Crippen molar-refractivity contribution in [1.82, 2.24) is 20.1 Å². The zero-order valence-electron chi connectivity index (χ0n) is 8.34. The van der Waals surface area contributed by atoms with Gasteiger partial charge in [0.15, 0.2) is 0 Å². The van der Waals surface area contributed by atoms with E-state index in [-0.39, 0.29) is 6.04 Å². The molecule has 0 aromatic carbocycles. The summed E-state index contributed by atoms with van der Waals surface area (Å²) in [7, 11) is 0. The largest absolute Gasteiger partial charge is 0.451 e. The standard InChI is InChI=1S/C8H11F3N4O/c9-8(10,11)6-13-7(16)15(14-6)5-1-3-12-4-2-5/h5,12H,1-4H2,(H,13,14,16). The van der Waals surface area contributed by atoms with E-state index in [1.807, 2.05) is 0 Å². The maximum atomic E-state index is 12.3. The molecule has 8 heteroatoms. The second-order valence-corrected chi connectivity index (χ2v) is 3.70. The summed E-state index contributed by atoms with van der Waals surface area (Å²) in [6.07, 6.45) is -3.37. The molecule has 0 atom stereocenters. The highest BCUT2D eigenvalue weighted by Crippen LogP contribution is 2.25. The van der Waals surface area contributed by atoms with Gasteiger partial charge in [-0.05, 0) is 25.9 Å². The lowest BCUT2D eigenvalue weighted by Gasteiger charge is -2.21. The van der Waals surface area contributed by atoms with E-state index < -0.39 is 17.7 Å². The Bertz CT molecular complexity index is 416. The minimum absolute atomic E-state index is 0.249. The first-order valence-electron chi connectivity index (χ1n) is 4.95. The van der Waals surface area contributed by atoms with Crippen molar-refractivity contribution in [2.45, 2.75) is 25.1 Å². The molecule has 0 aliphatic carbocycles. The molecule has 0 spiro atoms.